The Bertz CT molecular complexity index is 1960. The summed E-state index contributed by atoms with van der Waals surface area (Å²) < 4.78 is 12.0. The van der Waals surface area contributed by atoms with Crippen LogP contribution in [0.5, 0.6) is 0 Å². The molecule has 12 atom stereocenters. The Hall–Kier alpha value is -0.532. The first kappa shape index (κ1) is 81.5. The van der Waals surface area contributed by atoms with Crippen LogP contribution in [0.1, 0.15) is 289 Å². The number of fused-ring (bicyclic) bond motifs is 2. The van der Waals surface area contributed by atoms with Crippen molar-refractivity contribution in [2.24, 2.45) is 52.8 Å². The third kappa shape index (κ3) is 24.3. The first-order chi connectivity index (χ1) is 36.8. The van der Waals surface area contributed by atoms with Crippen LogP contribution in [0.4, 0.5) is 0 Å². The number of hydrogen-bond donors (Lipinski definition) is 0. The first-order valence-corrected chi connectivity index (χ1v) is 39.8. The van der Waals surface area contributed by atoms with Gasteiger partial charge in [0.1, 0.15) is 0 Å². The number of nitrogens with zero attached hydrogens (tertiary/aromatic N) is 1. The van der Waals surface area contributed by atoms with Gasteiger partial charge >= 0.3 is 21.7 Å². The van der Waals surface area contributed by atoms with Crippen molar-refractivity contribution >= 4 is 16.3 Å². The maximum absolute atomic E-state index is 6.00. The molecule has 2 aromatic carbocycles. The SMILES string of the molecule is CC(C)C1CC2C(c3ccc(C(C)(C)C)cc3)CCCC2C1[Si](C)(CCCCCCOC(C)(C)C)CC(C)(C)C.CC(C)C1CC2C(c3ccc(C(C)(C)C)cc3)CCCC2C1[Si](C)(CCCCCCOC(C)(C)C)[N-]C(C)(C)C.[CH3-].[CH3-].[CH3-].[Ti+4]. The third-order valence-electron chi connectivity index (χ3n) is 20.6. The number of unbranched alkanes of at least 4 members (excludes halogenated alkanes) is 6. The van der Waals surface area contributed by atoms with Gasteiger partial charge in [-0.2, -0.15) is 0 Å². The number of benzene rings is 2. The molecule has 4 fully saturated rings. The van der Waals surface area contributed by atoms with Gasteiger partial charge in [-0.05, 0) is 183 Å². The second-order valence-electron chi connectivity index (χ2n) is 35.1. The Labute approximate surface area is 544 Å². The second kappa shape index (κ2) is 33.7. The minimum atomic E-state index is -1.85. The molecular formula is C78H143NO2Si2Ti. The summed E-state index contributed by atoms with van der Waals surface area (Å²) in [6, 6.07) is 24.1. The van der Waals surface area contributed by atoms with Crippen molar-refractivity contribution in [3.8, 4) is 0 Å². The predicted molar refractivity (Wildman–Crippen MR) is 379 cm³/mol. The molecule has 0 saturated heterocycles. The smallest absolute Gasteiger partial charge is 0.659 e. The van der Waals surface area contributed by atoms with Crippen molar-refractivity contribution < 1.29 is 31.2 Å². The quantitative estimate of drug-likeness (QED) is 0.0669. The van der Waals surface area contributed by atoms with Gasteiger partial charge in [-0.3, -0.25) is 0 Å². The molecule has 84 heavy (non-hydrogen) atoms. The van der Waals surface area contributed by atoms with E-state index < -0.39 is 16.3 Å². The van der Waals surface area contributed by atoms with Crippen LogP contribution in [0.25, 0.3) is 4.98 Å². The maximum Gasteiger partial charge on any atom is 4.00 e. The Morgan fingerprint density at radius 3 is 1.17 bits per heavy atom. The van der Waals surface area contributed by atoms with E-state index in [0.717, 1.165) is 83.5 Å². The van der Waals surface area contributed by atoms with Crippen LogP contribution in [0.3, 0.4) is 0 Å². The van der Waals surface area contributed by atoms with E-state index in [-0.39, 0.29) is 71.6 Å². The van der Waals surface area contributed by atoms with E-state index >= 15 is 0 Å². The molecule has 0 radical (unpaired) electrons. The van der Waals surface area contributed by atoms with Crippen molar-refractivity contribution in [2.45, 2.75) is 337 Å². The van der Waals surface area contributed by atoms with E-state index in [1.807, 2.05) is 0 Å². The van der Waals surface area contributed by atoms with E-state index in [0.29, 0.717) is 5.41 Å². The van der Waals surface area contributed by atoms with Crippen molar-refractivity contribution in [1.29, 1.82) is 0 Å². The van der Waals surface area contributed by atoms with E-state index in [2.05, 4.69) is 214 Å². The van der Waals surface area contributed by atoms with Crippen molar-refractivity contribution in [3.05, 3.63) is 98.0 Å². The van der Waals surface area contributed by atoms with Crippen molar-refractivity contribution in [2.75, 3.05) is 13.2 Å². The van der Waals surface area contributed by atoms with Gasteiger partial charge in [0.25, 0.3) is 0 Å². The van der Waals surface area contributed by atoms with Crippen LogP contribution in [0.15, 0.2) is 48.5 Å². The topological polar surface area (TPSA) is 32.6 Å². The predicted octanol–water partition coefficient (Wildman–Crippen LogP) is 25.0. The Morgan fingerprint density at radius 1 is 0.464 bits per heavy atom. The molecular weight excluding hydrogens is 1090 g/mol. The number of rotatable bonds is 22. The average Bonchev–Trinajstić information content (AvgIpc) is 3.93. The zero-order chi connectivity index (χ0) is 59.9. The molecule has 3 nitrogen and oxygen atoms in total. The number of ether oxygens (including phenoxy) is 2. The summed E-state index contributed by atoms with van der Waals surface area (Å²) in [5.74, 6) is 8.35. The summed E-state index contributed by atoms with van der Waals surface area (Å²) in [5.41, 5.74) is 8.92. The summed E-state index contributed by atoms with van der Waals surface area (Å²) in [6.45, 7) is 59.2. The molecule has 0 aromatic heterocycles. The van der Waals surface area contributed by atoms with Gasteiger partial charge in [0.2, 0.25) is 0 Å². The van der Waals surface area contributed by atoms with Crippen LogP contribution in [0, 0.1) is 75.0 Å². The monoisotopic (exact) mass is 1230 g/mol. The van der Waals surface area contributed by atoms with Gasteiger partial charge in [-0.15, -0.1) is 5.54 Å². The van der Waals surface area contributed by atoms with Crippen LogP contribution in [-0.2, 0) is 42.0 Å². The van der Waals surface area contributed by atoms with Gasteiger partial charge < -0.3 is 36.7 Å². The Morgan fingerprint density at radius 2 is 0.821 bits per heavy atom. The standard InChI is InChI=1S/C38H68OSi.C37H66NOSi.3CH3.Ti/c1-28(2)33-26-34-31(29-20-22-30(23-21-29)37(6,7)8)18-17-19-32(34)35(33)40(12,27-36(3,4)5)25-16-14-13-15-24-39-38(9,10)11;1-27(2)32-26-33-30(28-20-22-29(23-21-28)35(3,4)5)18-17-19-31(33)34(32)40(12,38-36(6,7)8)25-16-14-13-15-24-39-37(9,10)11;;;;/h20-23,28,31-35H,13-19,24-27H2,1-12H3;20-23,27,30-34H,13-19,24-26H2,1-12H3;3*1H3;/q;4*-1;+4. The summed E-state index contributed by atoms with van der Waals surface area (Å²) >= 11 is 0. The molecule has 0 amide bonds. The first-order valence-electron chi connectivity index (χ1n) is 34.1. The third-order valence-corrected chi connectivity index (χ3v) is 31.3. The second-order valence-corrected chi connectivity index (χ2v) is 44.0. The number of hydrogen-bond acceptors (Lipinski definition) is 2. The fourth-order valence-corrected chi connectivity index (χ4v) is 30.8. The minimum Gasteiger partial charge on any atom is -0.659 e. The van der Waals surface area contributed by atoms with E-state index in [1.165, 1.54) is 132 Å². The fourth-order valence-electron chi connectivity index (χ4n) is 17.7. The summed E-state index contributed by atoms with van der Waals surface area (Å²) in [5, 5.41) is 0. The van der Waals surface area contributed by atoms with Gasteiger partial charge in [0.05, 0.1) is 19.3 Å². The molecule has 0 spiro atoms. The van der Waals surface area contributed by atoms with Gasteiger partial charge in [0.15, 0.2) is 0 Å². The maximum atomic E-state index is 6.00. The van der Waals surface area contributed by atoms with Crippen molar-refractivity contribution in [1.82, 2.24) is 0 Å². The molecule has 0 heterocycles. The average molecular weight is 1230 g/mol. The molecule has 4 saturated carbocycles. The van der Waals surface area contributed by atoms with Crippen LogP contribution < -0.4 is 0 Å². The van der Waals surface area contributed by atoms with E-state index in [4.69, 9.17) is 14.5 Å². The van der Waals surface area contributed by atoms with Gasteiger partial charge in [-0.1, -0.05) is 269 Å². The Kier molecular flexibility index (Phi) is 32.7. The summed E-state index contributed by atoms with van der Waals surface area (Å²) in [7, 11) is -3.33. The van der Waals surface area contributed by atoms with Crippen LogP contribution in [0.2, 0.25) is 42.3 Å². The molecule has 4 aliphatic carbocycles. The van der Waals surface area contributed by atoms with Gasteiger partial charge in [0, 0.05) is 13.2 Å². The largest absolute Gasteiger partial charge is 4.00 e. The fraction of sp³-hybridized carbons (Fsp3) is 0.808. The van der Waals surface area contributed by atoms with E-state index in [9.17, 15) is 0 Å². The summed E-state index contributed by atoms with van der Waals surface area (Å²) in [4.78, 5) is 5.86. The molecule has 0 N–H and O–H groups in total. The molecule has 12 unspecified atom stereocenters. The molecule has 4 aliphatic rings. The van der Waals surface area contributed by atoms with Gasteiger partial charge in [-0.25, -0.2) is 0 Å². The molecule has 6 rings (SSSR count). The molecule has 2 aromatic rings. The van der Waals surface area contributed by atoms with Crippen LogP contribution >= 0.6 is 0 Å². The minimum absolute atomic E-state index is 0. The zero-order valence-corrected chi connectivity index (χ0v) is 64.7. The molecule has 0 aliphatic heterocycles. The molecule has 0 bridgehead atoms. The molecule has 6 heteroatoms. The summed E-state index contributed by atoms with van der Waals surface area (Å²) in [6.07, 6.45) is 21.9. The van der Waals surface area contributed by atoms with E-state index in [1.54, 1.807) is 11.1 Å². The molecule has 484 valence electrons. The Balaban J connectivity index is 0.000000802. The van der Waals surface area contributed by atoms with Crippen molar-refractivity contribution in [3.63, 3.8) is 0 Å². The zero-order valence-electron chi connectivity index (χ0n) is 61.2. The normalized spacial score (nSPS) is 26.3. The van der Waals surface area contributed by atoms with Crippen LogP contribution in [-0.4, -0.2) is 46.3 Å².